The molecule has 1 aliphatic heterocycles. The third-order valence-electron chi connectivity index (χ3n) is 4.38. The molecule has 1 fully saturated rings. The number of aryl methyl sites for hydroxylation is 2. The Labute approximate surface area is 196 Å². The van der Waals surface area contributed by atoms with E-state index in [0.717, 1.165) is 16.9 Å². The maximum absolute atomic E-state index is 12.1. The van der Waals surface area contributed by atoms with E-state index in [1.807, 2.05) is 32.9 Å². The van der Waals surface area contributed by atoms with Gasteiger partial charge in [0.05, 0.1) is 11.6 Å². The largest absolute Gasteiger partial charge is 0.490 e. The Morgan fingerprint density at radius 2 is 1.56 bits per heavy atom. The van der Waals surface area contributed by atoms with Crippen molar-refractivity contribution in [2.24, 2.45) is 0 Å². The number of benzene rings is 2. The summed E-state index contributed by atoms with van der Waals surface area (Å²) in [5.41, 5.74) is 2.65. The Morgan fingerprint density at radius 3 is 2.19 bits per heavy atom. The summed E-state index contributed by atoms with van der Waals surface area (Å²) in [6.45, 7) is 6.79. The summed E-state index contributed by atoms with van der Waals surface area (Å²) < 4.78 is 17.3. The van der Waals surface area contributed by atoms with E-state index in [2.05, 4.69) is 16.7 Å². The molecule has 9 heteroatoms. The summed E-state index contributed by atoms with van der Waals surface area (Å²) in [4.78, 5) is 24.2. The van der Waals surface area contributed by atoms with Crippen molar-refractivity contribution in [2.75, 3.05) is 19.8 Å². The van der Waals surface area contributed by atoms with Crippen molar-refractivity contribution in [1.82, 2.24) is 10.6 Å². The number of nitrogens with one attached hydrogen (secondary N) is 2. The number of hydrogen-bond acceptors (Lipinski definition) is 6. The molecule has 2 aromatic carbocycles. The zero-order chi connectivity index (χ0) is 23.3. The van der Waals surface area contributed by atoms with Crippen LogP contribution < -0.4 is 24.8 Å². The molecule has 0 radical (unpaired) electrons. The van der Waals surface area contributed by atoms with Crippen LogP contribution in [0, 0.1) is 13.8 Å². The molecule has 1 heterocycles. The molecule has 0 bridgehead atoms. The molecule has 168 valence electrons. The fourth-order valence-corrected chi connectivity index (χ4v) is 3.63. The van der Waals surface area contributed by atoms with Crippen molar-refractivity contribution >= 4 is 46.8 Å². The van der Waals surface area contributed by atoms with Gasteiger partial charge in [-0.2, -0.15) is 0 Å². The number of rotatable bonds is 8. The highest BCUT2D eigenvalue weighted by atomic mass is 35.5. The van der Waals surface area contributed by atoms with Gasteiger partial charge in [0.25, 0.3) is 11.8 Å². The first kappa shape index (κ1) is 23.6. The number of hydrogen-bond donors (Lipinski definition) is 2. The van der Waals surface area contributed by atoms with E-state index in [4.69, 9.17) is 38.0 Å². The van der Waals surface area contributed by atoms with Gasteiger partial charge in [-0.1, -0.05) is 17.7 Å². The van der Waals surface area contributed by atoms with Crippen LogP contribution in [0.5, 0.6) is 17.2 Å². The molecule has 0 atom stereocenters. The van der Waals surface area contributed by atoms with Crippen LogP contribution in [-0.4, -0.2) is 36.7 Å². The second-order valence-corrected chi connectivity index (χ2v) is 7.89. The van der Waals surface area contributed by atoms with Gasteiger partial charge in [-0.15, -0.1) is 0 Å². The van der Waals surface area contributed by atoms with Gasteiger partial charge in [0.15, 0.2) is 16.6 Å². The van der Waals surface area contributed by atoms with Gasteiger partial charge in [0, 0.05) is 0 Å². The van der Waals surface area contributed by atoms with Crippen LogP contribution in [0.25, 0.3) is 6.08 Å². The summed E-state index contributed by atoms with van der Waals surface area (Å²) in [5, 5.41) is 5.03. The van der Waals surface area contributed by atoms with E-state index >= 15 is 0 Å². The van der Waals surface area contributed by atoms with Crippen LogP contribution in [0.4, 0.5) is 0 Å². The lowest BCUT2D eigenvalue weighted by Gasteiger charge is -2.17. The lowest BCUT2D eigenvalue weighted by Crippen LogP contribution is -2.51. The lowest BCUT2D eigenvalue weighted by molar-refractivity contribution is -0.123. The second kappa shape index (κ2) is 10.5. The van der Waals surface area contributed by atoms with Crippen LogP contribution in [0.1, 0.15) is 23.6 Å². The molecule has 0 spiro atoms. The zero-order valence-corrected chi connectivity index (χ0v) is 19.5. The number of carbonyl (C=O) groups excluding carboxylic acids is 2. The number of amides is 2. The first-order valence-corrected chi connectivity index (χ1v) is 10.7. The fourth-order valence-electron chi connectivity index (χ4n) is 3.17. The molecule has 2 aromatic rings. The van der Waals surface area contributed by atoms with Crippen molar-refractivity contribution in [3.63, 3.8) is 0 Å². The number of halogens is 1. The number of thiocarbonyl (C=S) groups is 1. The maximum Gasteiger partial charge on any atom is 0.263 e. The number of ether oxygens (including phenoxy) is 3. The molecule has 0 aliphatic carbocycles. The normalized spacial score (nSPS) is 13.4. The second-order valence-electron chi connectivity index (χ2n) is 7.08. The predicted molar refractivity (Wildman–Crippen MR) is 126 cm³/mol. The molecule has 3 rings (SSSR count). The van der Waals surface area contributed by atoms with E-state index < -0.39 is 11.8 Å². The summed E-state index contributed by atoms with van der Waals surface area (Å²) in [6, 6.07) is 9.22. The molecule has 1 saturated heterocycles. The first-order valence-electron chi connectivity index (χ1n) is 9.95. The average molecular weight is 475 g/mol. The van der Waals surface area contributed by atoms with Gasteiger partial charge in [-0.25, -0.2) is 0 Å². The van der Waals surface area contributed by atoms with E-state index in [1.165, 1.54) is 6.08 Å². The Balaban J connectivity index is 1.74. The van der Waals surface area contributed by atoms with E-state index in [-0.39, 0.29) is 22.3 Å². The van der Waals surface area contributed by atoms with Crippen molar-refractivity contribution in [3.05, 3.63) is 57.6 Å². The zero-order valence-electron chi connectivity index (χ0n) is 17.9. The molecule has 7 nitrogen and oxygen atoms in total. The molecule has 32 heavy (non-hydrogen) atoms. The van der Waals surface area contributed by atoms with Crippen molar-refractivity contribution in [3.8, 4) is 17.2 Å². The minimum atomic E-state index is -0.586. The van der Waals surface area contributed by atoms with E-state index in [1.54, 1.807) is 12.1 Å². The van der Waals surface area contributed by atoms with Crippen molar-refractivity contribution in [2.45, 2.75) is 20.8 Å². The van der Waals surface area contributed by atoms with E-state index in [0.29, 0.717) is 30.3 Å². The first-order chi connectivity index (χ1) is 15.3. The molecular formula is C23H23ClN2O5S. The minimum Gasteiger partial charge on any atom is -0.490 e. The van der Waals surface area contributed by atoms with Crippen molar-refractivity contribution < 1.29 is 23.8 Å². The third kappa shape index (κ3) is 5.99. The van der Waals surface area contributed by atoms with Crippen LogP contribution in [0.3, 0.4) is 0 Å². The van der Waals surface area contributed by atoms with E-state index in [9.17, 15) is 9.59 Å². The standard InChI is InChI=1S/C23H23ClN2O5S/c1-4-29-19-12-15(10-17-21(27)25-23(32)26-22(17)28)11-18(24)20(19)31-6-5-30-16-8-13(2)7-14(3)9-16/h7-12H,4-6H2,1-3H3,(H2,25,26,27,28,32). The van der Waals surface area contributed by atoms with Crippen LogP contribution in [0.15, 0.2) is 35.9 Å². The molecule has 2 amide bonds. The highest BCUT2D eigenvalue weighted by Crippen LogP contribution is 2.37. The molecule has 0 aromatic heterocycles. The highest BCUT2D eigenvalue weighted by Gasteiger charge is 2.26. The quantitative estimate of drug-likeness (QED) is 0.262. The topological polar surface area (TPSA) is 85.9 Å². The van der Waals surface area contributed by atoms with Gasteiger partial charge >= 0.3 is 0 Å². The van der Waals surface area contributed by atoms with Gasteiger partial charge < -0.3 is 14.2 Å². The fraction of sp³-hybridized carbons (Fsp3) is 0.261. The predicted octanol–water partition coefficient (Wildman–Crippen LogP) is 3.73. The van der Waals surface area contributed by atoms with Gasteiger partial charge in [0.1, 0.15) is 24.5 Å². The average Bonchev–Trinajstić information content (AvgIpc) is 2.69. The third-order valence-corrected chi connectivity index (χ3v) is 4.86. The Kier molecular flexibility index (Phi) is 7.71. The van der Waals surface area contributed by atoms with Crippen LogP contribution >= 0.6 is 23.8 Å². The number of carbonyl (C=O) groups is 2. The summed E-state index contributed by atoms with van der Waals surface area (Å²) in [7, 11) is 0. The van der Waals surface area contributed by atoms with Gasteiger partial charge in [-0.3, -0.25) is 20.2 Å². The monoisotopic (exact) mass is 474 g/mol. The SMILES string of the molecule is CCOc1cc(C=C2C(=O)NC(=S)NC2=O)cc(Cl)c1OCCOc1cc(C)cc(C)c1. The maximum atomic E-state index is 12.1. The smallest absolute Gasteiger partial charge is 0.263 e. The van der Waals surface area contributed by atoms with Gasteiger partial charge in [0.2, 0.25) is 0 Å². The molecule has 0 saturated carbocycles. The highest BCUT2D eigenvalue weighted by molar-refractivity contribution is 7.80. The van der Waals surface area contributed by atoms with Crippen molar-refractivity contribution in [1.29, 1.82) is 0 Å². The Bertz CT molecular complexity index is 1060. The summed E-state index contributed by atoms with van der Waals surface area (Å²) in [6.07, 6.45) is 1.41. The van der Waals surface area contributed by atoms with Crippen LogP contribution in [-0.2, 0) is 9.59 Å². The Hall–Kier alpha value is -3.10. The minimum absolute atomic E-state index is 0.0306. The summed E-state index contributed by atoms with van der Waals surface area (Å²) >= 11 is 11.2. The lowest BCUT2D eigenvalue weighted by atomic mass is 10.1. The molecule has 2 N–H and O–H groups in total. The molecule has 1 aliphatic rings. The Morgan fingerprint density at radius 1 is 0.938 bits per heavy atom. The summed E-state index contributed by atoms with van der Waals surface area (Å²) in [5.74, 6) is 0.352. The van der Waals surface area contributed by atoms with Gasteiger partial charge in [-0.05, 0) is 80.0 Å². The van der Waals surface area contributed by atoms with Crippen LogP contribution in [0.2, 0.25) is 5.02 Å². The molecule has 0 unspecified atom stereocenters. The molecular weight excluding hydrogens is 452 g/mol.